The van der Waals surface area contributed by atoms with E-state index in [1.165, 1.54) is 41.0 Å². The molecule has 1 fully saturated rings. The Morgan fingerprint density at radius 1 is 1.31 bits per heavy atom. The third kappa shape index (κ3) is 4.17. The van der Waals surface area contributed by atoms with Crippen molar-refractivity contribution in [3.05, 3.63) is 48.2 Å². The Hall–Kier alpha value is -2.10. The summed E-state index contributed by atoms with van der Waals surface area (Å²) in [5.41, 5.74) is 0.664. The summed E-state index contributed by atoms with van der Waals surface area (Å²) in [4.78, 5) is 8.58. The molecule has 1 atom stereocenters. The third-order valence-corrected chi connectivity index (χ3v) is 6.15. The minimum Gasteiger partial charge on any atom is -0.437 e. The van der Waals surface area contributed by atoms with Crippen molar-refractivity contribution in [3.8, 4) is 11.6 Å². The number of ether oxygens (including phenoxy) is 1. The van der Waals surface area contributed by atoms with Gasteiger partial charge in [-0.05, 0) is 25.0 Å². The van der Waals surface area contributed by atoms with Crippen molar-refractivity contribution in [2.24, 2.45) is 0 Å². The van der Waals surface area contributed by atoms with E-state index >= 15 is 0 Å². The van der Waals surface area contributed by atoms with E-state index in [0.717, 1.165) is 12.8 Å². The second-order valence-corrected chi connectivity index (χ2v) is 8.47. The lowest BCUT2D eigenvalue weighted by Gasteiger charge is -2.33. The fraction of sp³-hybridized carbons (Fsp3) is 0.412. The summed E-state index contributed by atoms with van der Waals surface area (Å²) >= 11 is 0. The molecule has 0 amide bonds. The first-order valence-electron chi connectivity index (χ1n) is 8.29. The lowest BCUT2D eigenvalue weighted by Crippen LogP contribution is -2.45. The molecule has 2 aromatic rings. The highest BCUT2D eigenvalue weighted by atomic mass is 32.2. The van der Waals surface area contributed by atoms with Gasteiger partial charge in [0, 0.05) is 45.4 Å². The van der Waals surface area contributed by atoms with E-state index < -0.39 is 16.0 Å². The van der Waals surface area contributed by atoms with Crippen LogP contribution in [0.25, 0.3) is 0 Å². The van der Waals surface area contributed by atoms with Crippen LogP contribution in [0.2, 0.25) is 0 Å². The molecule has 0 spiro atoms. The second kappa shape index (κ2) is 7.65. The van der Waals surface area contributed by atoms with Gasteiger partial charge in [-0.2, -0.15) is 17.0 Å². The summed E-state index contributed by atoms with van der Waals surface area (Å²) in [5, 5.41) is 0. The zero-order chi connectivity index (χ0) is 18.7. The summed E-state index contributed by atoms with van der Waals surface area (Å²) in [5.74, 6) is 0.114. The van der Waals surface area contributed by atoms with E-state index in [2.05, 4.69) is 9.97 Å². The molecule has 1 aromatic heterocycles. The number of rotatable bonds is 5. The lowest BCUT2D eigenvalue weighted by atomic mass is 9.96. The fourth-order valence-corrected chi connectivity index (χ4v) is 4.07. The van der Waals surface area contributed by atoms with Crippen molar-refractivity contribution in [1.82, 2.24) is 18.6 Å². The maximum absolute atomic E-state index is 13.3. The Kier molecular flexibility index (Phi) is 5.49. The Labute approximate surface area is 152 Å². The minimum atomic E-state index is -3.46. The number of benzene rings is 1. The average Bonchev–Trinajstić information content (AvgIpc) is 2.62. The van der Waals surface area contributed by atoms with Crippen LogP contribution in [0.15, 0.2) is 36.7 Å². The number of nitrogens with zero attached hydrogens (tertiary/aromatic N) is 4. The molecule has 0 N–H and O–H groups in total. The van der Waals surface area contributed by atoms with Crippen LogP contribution in [0, 0.1) is 5.82 Å². The molecule has 2 heterocycles. The maximum Gasteiger partial charge on any atom is 0.281 e. The van der Waals surface area contributed by atoms with Gasteiger partial charge in [0.2, 0.25) is 5.88 Å². The summed E-state index contributed by atoms with van der Waals surface area (Å²) < 4.78 is 46.2. The molecule has 1 aromatic carbocycles. The van der Waals surface area contributed by atoms with Crippen molar-refractivity contribution < 1.29 is 17.5 Å². The van der Waals surface area contributed by atoms with Crippen LogP contribution in [0.4, 0.5) is 4.39 Å². The van der Waals surface area contributed by atoms with E-state index in [-0.39, 0.29) is 11.8 Å². The summed E-state index contributed by atoms with van der Waals surface area (Å²) in [6.45, 7) is 0.836. The number of aromatic nitrogens is 2. The predicted octanol–water partition coefficient (Wildman–Crippen LogP) is 2.39. The molecular weight excluding hydrogens is 359 g/mol. The number of piperidine rings is 1. The molecule has 0 bridgehead atoms. The smallest absolute Gasteiger partial charge is 0.281 e. The monoisotopic (exact) mass is 380 g/mol. The van der Waals surface area contributed by atoms with Crippen LogP contribution in [0.1, 0.15) is 24.5 Å². The third-order valence-electron chi connectivity index (χ3n) is 4.24. The van der Waals surface area contributed by atoms with E-state index in [4.69, 9.17) is 4.74 Å². The van der Waals surface area contributed by atoms with E-state index in [1.807, 2.05) is 0 Å². The predicted molar refractivity (Wildman–Crippen MR) is 94.7 cm³/mol. The van der Waals surface area contributed by atoms with Crippen LogP contribution in [-0.4, -0.2) is 54.2 Å². The van der Waals surface area contributed by atoms with Crippen molar-refractivity contribution in [3.63, 3.8) is 0 Å². The molecule has 1 saturated heterocycles. The molecular formula is C17H21FN4O3S. The molecule has 1 aliphatic rings. The SMILES string of the molecule is CN(C)S(=O)(=O)N1CCC[C@@H](c2cncc(Oc3cccc(F)c3)n2)C1. The van der Waals surface area contributed by atoms with Gasteiger partial charge in [0.15, 0.2) is 0 Å². The zero-order valence-corrected chi connectivity index (χ0v) is 15.5. The first kappa shape index (κ1) is 18.7. The normalized spacial score (nSPS) is 18.8. The first-order chi connectivity index (χ1) is 12.4. The van der Waals surface area contributed by atoms with Crippen LogP contribution in [-0.2, 0) is 10.2 Å². The average molecular weight is 380 g/mol. The Morgan fingerprint density at radius 3 is 2.85 bits per heavy atom. The number of hydrogen-bond donors (Lipinski definition) is 0. The topological polar surface area (TPSA) is 75.6 Å². The van der Waals surface area contributed by atoms with Crippen LogP contribution in [0.5, 0.6) is 11.6 Å². The van der Waals surface area contributed by atoms with E-state index in [0.29, 0.717) is 24.5 Å². The van der Waals surface area contributed by atoms with Gasteiger partial charge in [-0.1, -0.05) is 6.07 Å². The molecule has 26 heavy (non-hydrogen) atoms. The maximum atomic E-state index is 13.3. The van der Waals surface area contributed by atoms with E-state index in [1.54, 1.807) is 18.3 Å². The van der Waals surface area contributed by atoms with Crippen molar-refractivity contribution in [2.45, 2.75) is 18.8 Å². The van der Waals surface area contributed by atoms with Crippen molar-refractivity contribution >= 4 is 10.2 Å². The number of halogens is 1. The summed E-state index contributed by atoms with van der Waals surface area (Å²) in [6, 6.07) is 5.77. The summed E-state index contributed by atoms with van der Waals surface area (Å²) in [7, 11) is -0.419. The minimum absolute atomic E-state index is 0.0676. The highest BCUT2D eigenvalue weighted by molar-refractivity contribution is 7.86. The number of hydrogen-bond acceptors (Lipinski definition) is 5. The molecule has 7 nitrogen and oxygen atoms in total. The van der Waals surface area contributed by atoms with Gasteiger partial charge < -0.3 is 4.74 Å². The standard InChI is InChI=1S/C17H21FN4O3S/c1-21(2)26(23,24)22-8-4-5-13(12-22)16-10-19-11-17(20-16)25-15-7-3-6-14(18)9-15/h3,6-7,9-11,13H,4-5,8,12H2,1-2H3/t13-/m1/s1. The quantitative estimate of drug-likeness (QED) is 0.796. The molecule has 0 aliphatic carbocycles. The molecule has 0 unspecified atom stereocenters. The van der Waals surface area contributed by atoms with Gasteiger partial charge in [0.05, 0.1) is 11.9 Å². The molecule has 9 heteroatoms. The van der Waals surface area contributed by atoms with Gasteiger partial charge in [0.25, 0.3) is 10.2 Å². The first-order valence-corrected chi connectivity index (χ1v) is 9.69. The lowest BCUT2D eigenvalue weighted by molar-refractivity contribution is 0.294. The van der Waals surface area contributed by atoms with Gasteiger partial charge in [-0.15, -0.1) is 0 Å². The Bertz CT molecular complexity index is 876. The van der Waals surface area contributed by atoms with Gasteiger partial charge in [-0.3, -0.25) is 4.98 Å². The van der Waals surface area contributed by atoms with Crippen molar-refractivity contribution in [2.75, 3.05) is 27.2 Å². The molecule has 140 valence electrons. The largest absolute Gasteiger partial charge is 0.437 e. The van der Waals surface area contributed by atoms with Gasteiger partial charge in [0.1, 0.15) is 11.6 Å². The zero-order valence-electron chi connectivity index (χ0n) is 14.7. The second-order valence-electron chi connectivity index (χ2n) is 6.33. The van der Waals surface area contributed by atoms with Crippen LogP contribution >= 0.6 is 0 Å². The van der Waals surface area contributed by atoms with Gasteiger partial charge >= 0.3 is 0 Å². The Balaban J connectivity index is 1.77. The molecule has 1 aliphatic heterocycles. The molecule has 3 rings (SSSR count). The fourth-order valence-electron chi connectivity index (χ4n) is 2.88. The van der Waals surface area contributed by atoms with Gasteiger partial charge in [-0.25, -0.2) is 9.37 Å². The van der Waals surface area contributed by atoms with E-state index in [9.17, 15) is 12.8 Å². The van der Waals surface area contributed by atoms with Crippen LogP contribution in [0.3, 0.4) is 0 Å². The highest BCUT2D eigenvalue weighted by Crippen LogP contribution is 2.29. The Morgan fingerprint density at radius 2 is 2.12 bits per heavy atom. The highest BCUT2D eigenvalue weighted by Gasteiger charge is 2.31. The summed E-state index contributed by atoms with van der Waals surface area (Å²) in [6.07, 6.45) is 4.63. The molecule has 0 saturated carbocycles. The van der Waals surface area contributed by atoms with Crippen LogP contribution < -0.4 is 4.74 Å². The molecule has 0 radical (unpaired) electrons. The van der Waals surface area contributed by atoms with Crippen molar-refractivity contribution in [1.29, 1.82) is 0 Å².